The molecule has 78 valence electrons. The first-order chi connectivity index (χ1) is 6.70. The summed E-state index contributed by atoms with van der Waals surface area (Å²) in [6.45, 7) is 2.83. The topological polar surface area (TPSA) is 67.2 Å². The van der Waals surface area contributed by atoms with Gasteiger partial charge in [0.15, 0.2) is 0 Å². The van der Waals surface area contributed by atoms with Gasteiger partial charge in [0.05, 0.1) is 18.2 Å². The number of aliphatic carboxylic acids is 1. The van der Waals surface area contributed by atoms with Gasteiger partial charge in [0.1, 0.15) is 6.04 Å². The van der Waals surface area contributed by atoms with Crippen molar-refractivity contribution in [1.29, 1.82) is 0 Å². The first-order valence-corrected chi connectivity index (χ1v) is 4.60. The molecule has 5 heteroatoms. The highest BCUT2D eigenvalue weighted by Crippen LogP contribution is 2.12. The highest BCUT2D eigenvalue weighted by molar-refractivity contribution is 5.74. The third-order valence-electron chi connectivity index (χ3n) is 2.04. The molecule has 0 bridgehead atoms. The lowest BCUT2D eigenvalue weighted by Crippen LogP contribution is -2.27. The van der Waals surface area contributed by atoms with Crippen molar-refractivity contribution in [3.8, 4) is 0 Å². The van der Waals surface area contributed by atoms with Gasteiger partial charge in [-0.1, -0.05) is 6.92 Å². The number of likely N-dealkylation sites (N-methyl/N-ethyl adjacent to an activating group) is 1. The number of nitrogens with one attached hydrogen (secondary N) is 1. The largest absolute Gasteiger partial charge is 0.480 e. The van der Waals surface area contributed by atoms with Crippen LogP contribution in [-0.4, -0.2) is 27.7 Å². The third-order valence-corrected chi connectivity index (χ3v) is 2.04. The van der Waals surface area contributed by atoms with Crippen molar-refractivity contribution in [3.05, 3.63) is 18.2 Å². The number of imidazole rings is 1. The maximum atomic E-state index is 10.9. The smallest absolute Gasteiger partial charge is 0.326 e. The third kappa shape index (κ3) is 2.11. The Morgan fingerprint density at radius 3 is 3.00 bits per heavy atom. The number of aromatic nitrogens is 2. The van der Waals surface area contributed by atoms with Crippen molar-refractivity contribution < 1.29 is 9.90 Å². The summed E-state index contributed by atoms with van der Waals surface area (Å²) in [7, 11) is 1.63. The van der Waals surface area contributed by atoms with E-state index in [1.165, 1.54) is 0 Å². The van der Waals surface area contributed by atoms with Crippen LogP contribution in [0.1, 0.15) is 25.1 Å². The SMILES string of the molecule is CCCn1cncc1C(NC)C(=O)O. The molecule has 1 atom stereocenters. The molecular weight excluding hydrogens is 182 g/mol. The summed E-state index contributed by atoms with van der Waals surface area (Å²) in [6, 6.07) is -0.677. The minimum absolute atomic E-state index is 0.677. The zero-order chi connectivity index (χ0) is 10.6. The van der Waals surface area contributed by atoms with Crippen LogP contribution in [0.2, 0.25) is 0 Å². The number of carbonyl (C=O) groups is 1. The van der Waals surface area contributed by atoms with Crippen LogP contribution in [0.25, 0.3) is 0 Å². The van der Waals surface area contributed by atoms with Gasteiger partial charge in [-0.05, 0) is 13.5 Å². The Morgan fingerprint density at radius 1 is 1.79 bits per heavy atom. The maximum Gasteiger partial charge on any atom is 0.326 e. The molecular formula is C9H15N3O2. The second-order valence-electron chi connectivity index (χ2n) is 3.07. The minimum atomic E-state index is -0.884. The van der Waals surface area contributed by atoms with E-state index in [0.29, 0.717) is 5.69 Å². The van der Waals surface area contributed by atoms with E-state index in [9.17, 15) is 4.79 Å². The van der Waals surface area contributed by atoms with E-state index < -0.39 is 12.0 Å². The average molecular weight is 197 g/mol. The van der Waals surface area contributed by atoms with Gasteiger partial charge in [-0.3, -0.25) is 4.79 Å². The first kappa shape index (κ1) is 10.7. The summed E-state index contributed by atoms with van der Waals surface area (Å²) < 4.78 is 1.86. The van der Waals surface area contributed by atoms with Crippen molar-refractivity contribution >= 4 is 5.97 Å². The fourth-order valence-corrected chi connectivity index (χ4v) is 1.40. The summed E-state index contributed by atoms with van der Waals surface area (Å²) in [6.07, 6.45) is 4.20. The molecule has 0 amide bonds. The molecule has 1 unspecified atom stereocenters. The molecule has 0 aliphatic carbocycles. The number of carboxylic acids is 1. The van der Waals surface area contributed by atoms with Crippen LogP contribution in [0.15, 0.2) is 12.5 Å². The van der Waals surface area contributed by atoms with Gasteiger partial charge < -0.3 is 15.0 Å². The van der Waals surface area contributed by atoms with E-state index in [1.807, 2.05) is 11.5 Å². The normalized spacial score (nSPS) is 12.7. The van der Waals surface area contributed by atoms with Gasteiger partial charge in [0.25, 0.3) is 0 Å². The lowest BCUT2D eigenvalue weighted by atomic mass is 10.2. The molecule has 0 aliphatic rings. The van der Waals surface area contributed by atoms with E-state index >= 15 is 0 Å². The maximum absolute atomic E-state index is 10.9. The van der Waals surface area contributed by atoms with Crippen molar-refractivity contribution in [2.24, 2.45) is 0 Å². The van der Waals surface area contributed by atoms with Gasteiger partial charge in [-0.2, -0.15) is 0 Å². The standard InChI is InChI=1S/C9H15N3O2/c1-3-4-12-6-11-5-7(12)8(10-2)9(13)14/h5-6,8,10H,3-4H2,1-2H3,(H,13,14). The Kier molecular flexibility index (Phi) is 3.64. The second-order valence-corrected chi connectivity index (χ2v) is 3.07. The Balaban J connectivity index is 2.91. The Labute approximate surface area is 82.8 Å². The summed E-state index contributed by atoms with van der Waals surface area (Å²) in [5, 5.41) is 11.7. The highest BCUT2D eigenvalue weighted by atomic mass is 16.4. The van der Waals surface area contributed by atoms with Gasteiger partial charge in [0.2, 0.25) is 0 Å². The number of aryl methyl sites for hydroxylation is 1. The molecule has 1 heterocycles. The molecule has 1 aromatic rings. The van der Waals surface area contributed by atoms with Crippen molar-refractivity contribution in [1.82, 2.24) is 14.9 Å². The molecule has 14 heavy (non-hydrogen) atoms. The monoisotopic (exact) mass is 197 g/mol. The Hall–Kier alpha value is -1.36. The second kappa shape index (κ2) is 4.76. The van der Waals surface area contributed by atoms with Crippen LogP contribution in [0, 0.1) is 0 Å². The molecule has 0 saturated heterocycles. The summed E-state index contributed by atoms with van der Waals surface area (Å²) in [5.74, 6) is -0.884. The molecule has 0 fully saturated rings. The lowest BCUT2D eigenvalue weighted by Gasteiger charge is -2.13. The number of rotatable bonds is 5. The van der Waals surface area contributed by atoms with Crippen molar-refractivity contribution in [2.75, 3.05) is 7.05 Å². The predicted octanol–water partition coefficient (Wildman–Crippen LogP) is 0.638. The van der Waals surface area contributed by atoms with E-state index in [2.05, 4.69) is 10.3 Å². The van der Waals surface area contributed by atoms with Crippen molar-refractivity contribution in [3.63, 3.8) is 0 Å². The van der Waals surface area contributed by atoms with E-state index in [4.69, 9.17) is 5.11 Å². The number of carboxylic acid groups (broad SMARTS) is 1. The molecule has 0 aromatic carbocycles. The molecule has 2 N–H and O–H groups in total. The summed E-state index contributed by atoms with van der Waals surface area (Å²) in [5.41, 5.74) is 0.696. The molecule has 0 saturated carbocycles. The van der Waals surface area contributed by atoms with Gasteiger partial charge >= 0.3 is 5.97 Å². The average Bonchev–Trinajstić information content (AvgIpc) is 2.55. The molecule has 0 radical (unpaired) electrons. The van der Waals surface area contributed by atoms with Crippen LogP contribution in [0.3, 0.4) is 0 Å². The van der Waals surface area contributed by atoms with E-state index in [-0.39, 0.29) is 0 Å². The van der Waals surface area contributed by atoms with Crippen LogP contribution in [-0.2, 0) is 11.3 Å². The van der Waals surface area contributed by atoms with Gasteiger partial charge in [-0.15, -0.1) is 0 Å². The molecule has 1 rings (SSSR count). The van der Waals surface area contributed by atoms with Gasteiger partial charge in [0, 0.05) is 6.54 Å². The number of hydrogen-bond donors (Lipinski definition) is 2. The number of hydrogen-bond acceptors (Lipinski definition) is 3. The Bertz CT molecular complexity index is 309. The fraction of sp³-hybridized carbons (Fsp3) is 0.556. The zero-order valence-corrected chi connectivity index (χ0v) is 8.40. The van der Waals surface area contributed by atoms with Crippen LogP contribution in [0.5, 0.6) is 0 Å². The molecule has 0 aliphatic heterocycles. The molecule has 0 spiro atoms. The quantitative estimate of drug-likeness (QED) is 0.726. The predicted molar refractivity (Wildman–Crippen MR) is 52.0 cm³/mol. The number of nitrogens with zero attached hydrogens (tertiary/aromatic N) is 2. The van der Waals surface area contributed by atoms with Crippen LogP contribution >= 0.6 is 0 Å². The summed E-state index contributed by atoms with van der Waals surface area (Å²) >= 11 is 0. The Morgan fingerprint density at radius 2 is 2.50 bits per heavy atom. The zero-order valence-electron chi connectivity index (χ0n) is 8.40. The van der Waals surface area contributed by atoms with E-state index in [0.717, 1.165) is 13.0 Å². The van der Waals surface area contributed by atoms with Gasteiger partial charge in [-0.25, -0.2) is 4.98 Å². The first-order valence-electron chi connectivity index (χ1n) is 4.60. The van der Waals surface area contributed by atoms with E-state index in [1.54, 1.807) is 19.6 Å². The molecule has 1 aromatic heterocycles. The molecule has 5 nitrogen and oxygen atoms in total. The van der Waals surface area contributed by atoms with Crippen LogP contribution in [0.4, 0.5) is 0 Å². The lowest BCUT2D eigenvalue weighted by molar-refractivity contribution is -0.139. The minimum Gasteiger partial charge on any atom is -0.480 e. The van der Waals surface area contributed by atoms with Crippen molar-refractivity contribution in [2.45, 2.75) is 25.9 Å². The highest BCUT2D eigenvalue weighted by Gasteiger charge is 2.20. The summed E-state index contributed by atoms with van der Waals surface area (Å²) in [4.78, 5) is 14.8. The van der Waals surface area contributed by atoms with Crippen LogP contribution < -0.4 is 5.32 Å². The fourth-order valence-electron chi connectivity index (χ4n) is 1.40.